The molecule has 0 radical (unpaired) electrons. The molecule has 0 spiro atoms. The fourth-order valence-corrected chi connectivity index (χ4v) is 2.44. The number of amides is 1. The summed E-state index contributed by atoms with van der Waals surface area (Å²) >= 11 is 0. The Kier molecular flexibility index (Phi) is 4.81. The quantitative estimate of drug-likeness (QED) is 0.740. The minimum absolute atomic E-state index is 0.0552. The van der Waals surface area contributed by atoms with E-state index in [1.54, 1.807) is 42.5 Å². The van der Waals surface area contributed by atoms with Gasteiger partial charge in [0, 0.05) is 11.3 Å². The second kappa shape index (κ2) is 7.19. The summed E-state index contributed by atoms with van der Waals surface area (Å²) in [6, 6.07) is 14.1. The lowest BCUT2D eigenvalue weighted by Crippen LogP contribution is -2.11. The topological polar surface area (TPSA) is 71.7 Å². The van der Waals surface area contributed by atoms with E-state index in [2.05, 4.69) is 5.32 Å². The van der Waals surface area contributed by atoms with Crippen molar-refractivity contribution in [3.05, 3.63) is 71.7 Å². The van der Waals surface area contributed by atoms with E-state index in [0.29, 0.717) is 17.0 Å². The number of methoxy groups -OCH3 is 1. The third-order valence-corrected chi connectivity index (χ3v) is 3.68. The maximum absolute atomic E-state index is 13.8. The van der Waals surface area contributed by atoms with Gasteiger partial charge in [-0.15, -0.1) is 0 Å². The molecule has 3 rings (SSSR count). The van der Waals surface area contributed by atoms with Crippen molar-refractivity contribution in [3.8, 4) is 17.1 Å². The number of furan rings is 1. The predicted octanol–water partition coefficient (Wildman–Crippen LogP) is 3.84. The van der Waals surface area contributed by atoms with Crippen LogP contribution in [0.4, 0.5) is 10.1 Å². The van der Waals surface area contributed by atoms with Crippen LogP contribution in [0.1, 0.15) is 16.1 Å². The summed E-state index contributed by atoms with van der Waals surface area (Å²) in [6.07, 6.45) is 0. The Morgan fingerprint density at radius 2 is 2.00 bits per heavy atom. The fraction of sp³-hybridized carbons (Fsp3) is 0.105. The molecule has 0 bridgehead atoms. The molecule has 1 aromatic heterocycles. The summed E-state index contributed by atoms with van der Waals surface area (Å²) in [5, 5.41) is 12.0. The van der Waals surface area contributed by atoms with Crippen LogP contribution in [0.15, 0.2) is 59.0 Å². The number of carbonyl (C=O) groups excluding carboxylic acids is 1. The van der Waals surface area contributed by atoms with Crippen LogP contribution in [0.5, 0.6) is 5.75 Å². The SMILES string of the molecule is COc1ccc(NC(=O)c2ccc(-c3ccccc3F)o2)cc1CO. The molecular formula is C19H16FNO4. The summed E-state index contributed by atoms with van der Waals surface area (Å²) in [5.74, 6) is -0.0443. The Bertz CT molecular complexity index is 904. The van der Waals surface area contributed by atoms with Crippen molar-refractivity contribution in [2.45, 2.75) is 6.61 Å². The largest absolute Gasteiger partial charge is 0.496 e. The number of nitrogens with one attached hydrogen (secondary N) is 1. The van der Waals surface area contributed by atoms with Gasteiger partial charge < -0.3 is 19.6 Å². The maximum Gasteiger partial charge on any atom is 0.291 e. The third-order valence-electron chi connectivity index (χ3n) is 3.68. The highest BCUT2D eigenvalue weighted by atomic mass is 19.1. The minimum atomic E-state index is -0.475. The van der Waals surface area contributed by atoms with E-state index in [1.807, 2.05) is 0 Å². The number of halogens is 1. The van der Waals surface area contributed by atoms with Gasteiger partial charge in [-0.05, 0) is 42.5 Å². The van der Waals surface area contributed by atoms with Gasteiger partial charge in [0.2, 0.25) is 0 Å². The lowest BCUT2D eigenvalue weighted by atomic mass is 10.1. The van der Waals surface area contributed by atoms with Crippen LogP contribution in [0.25, 0.3) is 11.3 Å². The fourth-order valence-electron chi connectivity index (χ4n) is 2.44. The second-order valence-corrected chi connectivity index (χ2v) is 5.28. The molecule has 0 aliphatic rings. The number of benzene rings is 2. The number of ether oxygens (including phenoxy) is 1. The summed E-state index contributed by atoms with van der Waals surface area (Å²) < 4.78 is 24.4. The van der Waals surface area contributed by atoms with Gasteiger partial charge in [-0.3, -0.25) is 4.79 Å². The van der Waals surface area contributed by atoms with Crippen molar-refractivity contribution in [2.24, 2.45) is 0 Å². The molecule has 1 amide bonds. The van der Waals surface area contributed by atoms with Gasteiger partial charge in [-0.1, -0.05) is 12.1 Å². The highest BCUT2D eigenvalue weighted by Gasteiger charge is 2.15. The molecule has 0 atom stereocenters. The average Bonchev–Trinajstić information content (AvgIpc) is 3.12. The highest BCUT2D eigenvalue weighted by Crippen LogP contribution is 2.26. The number of hydrogen-bond acceptors (Lipinski definition) is 4. The zero-order valence-corrected chi connectivity index (χ0v) is 13.5. The van der Waals surface area contributed by atoms with Gasteiger partial charge in [0.1, 0.15) is 17.3 Å². The molecule has 0 aliphatic heterocycles. The van der Waals surface area contributed by atoms with Crippen molar-refractivity contribution in [1.29, 1.82) is 0 Å². The number of aliphatic hydroxyl groups excluding tert-OH is 1. The first-order chi connectivity index (χ1) is 12.1. The van der Waals surface area contributed by atoms with Gasteiger partial charge in [0.15, 0.2) is 5.76 Å². The first-order valence-corrected chi connectivity index (χ1v) is 7.56. The molecule has 2 N–H and O–H groups in total. The second-order valence-electron chi connectivity index (χ2n) is 5.28. The van der Waals surface area contributed by atoms with Crippen molar-refractivity contribution in [2.75, 3.05) is 12.4 Å². The van der Waals surface area contributed by atoms with Gasteiger partial charge >= 0.3 is 0 Å². The number of anilines is 1. The normalized spacial score (nSPS) is 10.5. The average molecular weight is 341 g/mol. The van der Waals surface area contributed by atoms with Crippen molar-refractivity contribution in [1.82, 2.24) is 0 Å². The first-order valence-electron chi connectivity index (χ1n) is 7.56. The molecule has 128 valence electrons. The Balaban J connectivity index is 1.80. The van der Waals surface area contributed by atoms with Crippen molar-refractivity contribution >= 4 is 11.6 Å². The van der Waals surface area contributed by atoms with Crippen LogP contribution in [0.3, 0.4) is 0 Å². The summed E-state index contributed by atoms with van der Waals surface area (Å²) in [7, 11) is 1.50. The van der Waals surface area contributed by atoms with Crippen LogP contribution in [-0.4, -0.2) is 18.1 Å². The summed E-state index contributed by atoms with van der Waals surface area (Å²) in [5.41, 5.74) is 1.32. The highest BCUT2D eigenvalue weighted by molar-refractivity contribution is 6.02. The first kappa shape index (κ1) is 16.7. The molecule has 5 nitrogen and oxygen atoms in total. The smallest absolute Gasteiger partial charge is 0.291 e. The van der Waals surface area contributed by atoms with E-state index in [1.165, 1.54) is 19.2 Å². The zero-order valence-electron chi connectivity index (χ0n) is 13.5. The van der Waals surface area contributed by atoms with E-state index >= 15 is 0 Å². The van der Waals surface area contributed by atoms with Gasteiger partial charge in [0.05, 0.1) is 19.3 Å². The van der Waals surface area contributed by atoms with E-state index in [0.717, 1.165) is 0 Å². The number of hydrogen-bond donors (Lipinski definition) is 2. The molecule has 0 saturated carbocycles. The molecule has 0 aliphatic carbocycles. The number of rotatable bonds is 5. The van der Waals surface area contributed by atoms with E-state index in [9.17, 15) is 14.3 Å². The standard InChI is InChI=1S/C19H16FNO4/c1-24-16-7-6-13(10-12(16)11-22)21-19(23)18-9-8-17(25-18)14-4-2-3-5-15(14)20/h2-10,22H,11H2,1H3,(H,21,23). The summed E-state index contributed by atoms with van der Waals surface area (Å²) in [6.45, 7) is -0.217. The molecule has 0 saturated heterocycles. The van der Waals surface area contributed by atoms with Crippen LogP contribution in [0, 0.1) is 5.82 Å². The van der Waals surface area contributed by atoms with Gasteiger partial charge in [-0.2, -0.15) is 0 Å². The molecule has 0 unspecified atom stereocenters. The lowest BCUT2D eigenvalue weighted by molar-refractivity contribution is 0.0997. The Morgan fingerprint density at radius 1 is 1.20 bits per heavy atom. The molecule has 6 heteroatoms. The van der Waals surface area contributed by atoms with Crippen LogP contribution < -0.4 is 10.1 Å². The van der Waals surface area contributed by atoms with Crippen LogP contribution in [-0.2, 0) is 6.61 Å². The van der Waals surface area contributed by atoms with Gasteiger partial charge in [0.25, 0.3) is 5.91 Å². The minimum Gasteiger partial charge on any atom is -0.496 e. The van der Waals surface area contributed by atoms with E-state index in [-0.39, 0.29) is 23.7 Å². The van der Waals surface area contributed by atoms with E-state index in [4.69, 9.17) is 9.15 Å². The lowest BCUT2D eigenvalue weighted by Gasteiger charge is -2.09. The molecule has 1 heterocycles. The van der Waals surface area contributed by atoms with Crippen molar-refractivity contribution < 1.29 is 23.4 Å². The molecule has 2 aromatic carbocycles. The monoisotopic (exact) mass is 341 g/mol. The molecular weight excluding hydrogens is 325 g/mol. The van der Waals surface area contributed by atoms with Crippen LogP contribution in [0.2, 0.25) is 0 Å². The summed E-state index contributed by atoms with van der Waals surface area (Å²) in [4.78, 5) is 12.3. The molecule has 25 heavy (non-hydrogen) atoms. The van der Waals surface area contributed by atoms with Crippen molar-refractivity contribution in [3.63, 3.8) is 0 Å². The number of carbonyl (C=O) groups is 1. The molecule has 0 fully saturated rings. The van der Waals surface area contributed by atoms with Crippen LogP contribution >= 0.6 is 0 Å². The Morgan fingerprint density at radius 3 is 2.72 bits per heavy atom. The molecule has 3 aromatic rings. The Hall–Kier alpha value is -3.12. The Labute approximate surface area is 143 Å². The van der Waals surface area contributed by atoms with E-state index < -0.39 is 11.7 Å². The maximum atomic E-state index is 13.8. The van der Waals surface area contributed by atoms with Gasteiger partial charge in [-0.25, -0.2) is 4.39 Å². The third kappa shape index (κ3) is 3.54. The zero-order chi connectivity index (χ0) is 17.8. The number of aliphatic hydroxyl groups is 1. The predicted molar refractivity (Wildman–Crippen MR) is 91.0 cm³/mol.